The molecule has 1 N–H and O–H groups in total. The molecule has 3 nitrogen and oxygen atoms in total. The second-order valence-corrected chi connectivity index (χ2v) is 4.62. The first-order valence-electron chi connectivity index (χ1n) is 7.22. The van der Waals surface area contributed by atoms with Crippen molar-refractivity contribution in [1.29, 1.82) is 0 Å². The van der Waals surface area contributed by atoms with E-state index in [1.54, 1.807) is 0 Å². The zero-order chi connectivity index (χ0) is 13.2. The Morgan fingerprint density at radius 3 is 2.72 bits per heavy atom. The number of nitrogens with zero attached hydrogens (tertiary/aromatic N) is 2. The average molecular weight is 249 g/mol. The first kappa shape index (κ1) is 15.0. The Bertz CT molecular complexity index is 325. The van der Waals surface area contributed by atoms with Gasteiger partial charge in [0.2, 0.25) is 0 Å². The third kappa shape index (κ3) is 5.05. The molecule has 0 aliphatic carbocycles. The van der Waals surface area contributed by atoms with Crippen LogP contribution in [0.5, 0.6) is 0 Å². The van der Waals surface area contributed by atoms with Gasteiger partial charge < -0.3 is 10.2 Å². The Morgan fingerprint density at radius 1 is 1.22 bits per heavy atom. The third-order valence-electron chi connectivity index (χ3n) is 3.06. The molecule has 1 heterocycles. The van der Waals surface area contributed by atoms with E-state index >= 15 is 0 Å². The summed E-state index contributed by atoms with van der Waals surface area (Å²) in [5.41, 5.74) is 2.44. The van der Waals surface area contributed by atoms with E-state index in [2.05, 4.69) is 48.1 Å². The Labute approximate surface area is 112 Å². The quantitative estimate of drug-likeness (QED) is 0.681. The molecule has 0 radical (unpaired) electrons. The molecule has 0 aromatic carbocycles. The summed E-state index contributed by atoms with van der Waals surface area (Å²) in [5.74, 6) is 0. The van der Waals surface area contributed by atoms with Gasteiger partial charge in [0.15, 0.2) is 0 Å². The summed E-state index contributed by atoms with van der Waals surface area (Å²) in [6.07, 6.45) is 5.58. The lowest BCUT2D eigenvalue weighted by Gasteiger charge is -2.23. The van der Waals surface area contributed by atoms with E-state index in [4.69, 9.17) is 0 Å². The van der Waals surface area contributed by atoms with Crippen molar-refractivity contribution in [3.05, 3.63) is 24.0 Å². The van der Waals surface area contributed by atoms with E-state index < -0.39 is 0 Å². The van der Waals surface area contributed by atoms with Gasteiger partial charge in [-0.2, -0.15) is 0 Å². The van der Waals surface area contributed by atoms with Crippen molar-refractivity contribution in [3.63, 3.8) is 0 Å². The fraction of sp³-hybridized carbons (Fsp3) is 0.667. The van der Waals surface area contributed by atoms with E-state index in [0.29, 0.717) is 0 Å². The maximum absolute atomic E-state index is 4.42. The average Bonchev–Trinajstić information content (AvgIpc) is 2.40. The smallest absolute Gasteiger partial charge is 0.0562 e. The molecule has 1 aromatic rings. The summed E-state index contributed by atoms with van der Waals surface area (Å²) in [7, 11) is 0. The number of rotatable bonds is 9. The third-order valence-corrected chi connectivity index (χ3v) is 3.06. The summed E-state index contributed by atoms with van der Waals surface area (Å²) in [4.78, 5) is 6.84. The molecule has 0 fully saturated rings. The minimum atomic E-state index is 0.868. The zero-order valence-electron chi connectivity index (χ0n) is 12.1. The lowest BCUT2D eigenvalue weighted by atomic mass is 10.2. The lowest BCUT2D eigenvalue weighted by Crippen LogP contribution is -2.24. The van der Waals surface area contributed by atoms with Crippen LogP contribution in [0.25, 0.3) is 0 Å². The molecule has 0 amide bonds. The second kappa shape index (κ2) is 8.92. The van der Waals surface area contributed by atoms with Crippen molar-refractivity contribution < 1.29 is 0 Å². The zero-order valence-corrected chi connectivity index (χ0v) is 12.1. The van der Waals surface area contributed by atoms with Crippen LogP contribution < -0.4 is 10.2 Å². The summed E-state index contributed by atoms with van der Waals surface area (Å²) < 4.78 is 0. The highest BCUT2D eigenvalue weighted by atomic mass is 15.1. The Morgan fingerprint density at radius 2 is 2.06 bits per heavy atom. The first-order chi connectivity index (χ1) is 8.81. The van der Waals surface area contributed by atoms with Gasteiger partial charge in [0.25, 0.3) is 0 Å². The van der Waals surface area contributed by atoms with Crippen LogP contribution in [0.3, 0.4) is 0 Å². The van der Waals surface area contributed by atoms with E-state index in [1.807, 2.05) is 6.20 Å². The number of unbranched alkanes of at least 4 members (excludes halogenated alkanes) is 1. The largest absolute Gasteiger partial charge is 0.372 e. The molecule has 0 spiro atoms. The fourth-order valence-corrected chi connectivity index (χ4v) is 1.97. The highest BCUT2D eigenvalue weighted by Crippen LogP contribution is 2.15. The molecule has 102 valence electrons. The van der Waals surface area contributed by atoms with Crippen LogP contribution >= 0.6 is 0 Å². The molecule has 3 heteroatoms. The predicted molar refractivity (Wildman–Crippen MR) is 79.0 cm³/mol. The molecule has 1 aromatic heterocycles. The number of anilines is 1. The number of hydrogen-bond donors (Lipinski definition) is 1. The fourth-order valence-electron chi connectivity index (χ4n) is 1.97. The number of hydrogen-bond acceptors (Lipinski definition) is 3. The van der Waals surface area contributed by atoms with Crippen LogP contribution in [0.4, 0.5) is 5.69 Å². The topological polar surface area (TPSA) is 28.2 Å². The number of pyridine rings is 1. The maximum atomic E-state index is 4.42. The molecule has 0 aliphatic rings. The highest BCUT2D eigenvalue weighted by molar-refractivity contribution is 5.46. The van der Waals surface area contributed by atoms with Gasteiger partial charge in [-0.1, -0.05) is 20.3 Å². The van der Waals surface area contributed by atoms with Gasteiger partial charge in [-0.25, -0.2) is 0 Å². The molecular formula is C15H27N3. The van der Waals surface area contributed by atoms with Crippen LogP contribution in [-0.2, 0) is 6.54 Å². The second-order valence-electron chi connectivity index (χ2n) is 4.62. The normalized spacial score (nSPS) is 10.6. The number of aromatic nitrogens is 1. The summed E-state index contributed by atoms with van der Waals surface area (Å²) >= 11 is 0. The van der Waals surface area contributed by atoms with Gasteiger partial charge in [0, 0.05) is 31.5 Å². The molecule has 18 heavy (non-hydrogen) atoms. The van der Waals surface area contributed by atoms with Crippen LogP contribution in [0.2, 0.25) is 0 Å². The van der Waals surface area contributed by atoms with Crippen LogP contribution in [0, 0.1) is 0 Å². The van der Waals surface area contributed by atoms with Crippen molar-refractivity contribution in [3.8, 4) is 0 Å². The minimum absolute atomic E-state index is 0.868. The predicted octanol–water partition coefficient (Wildman–Crippen LogP) is 3.21. The highest BCUT2D eigenvalue weighted by Gasteiger charge is 2.04. The molecule has 1 rings (SSSR count). The van der Waals surface area contributed by atoms with Crippen molar-refractivity contribution >= 4 is 5.69 Å². The summed E-state index contributed by atoms with van der Waals surface area (Å²) in [6, 6.07) is 4.32. The van der Waals surface area contributed by atoms with Gasteiger partial charge in [0.05, 0.1) is 5.69 Å². The molecule has 0 aliphatic heterocycles. The molecule has 0 unspecified atom stereocenters. The van der Waals surface area contributed by atoms with Gasteiger partial charge in [0.1, 0.15) is 0 Å². The standard InChI is InChI=1S/C15H27N3/c1-4-7-11-18(6-3)15-8-10-17-14(12-15)13-16-9-5-2/h8,10,12,16H,4-7,9,11,13H2,1-3H3. The SMILES string of the molecule is CCCCN(CC)c1ccnc(CNCCC)c1. The van der Waals surface area contributed by atoms with Crippen molar-refractivity contribution in [1.82, 2.24) is 10.3 Å². The van der Waals surface area contributed by atoms with Crippen molar-refractivity contribution in [2.24, 2.45) is 0 Å². The minimum Gasteiger partial charge on any atom is -0.372 e. The molecule has 0 saturated carbocycles. The van der Waals surface area contributed by atoms with Gasteiger partial charge in [-0.15, -0.1) is 0 Å². The van der Waals surface area contributed by atoms with Gasteiger partial charge in [-0.05, 0) is 38.4 Å². The number of nitrogens with one attached hydrogen (secondary N) is 1. The van der Waals surface area contributed by atoms with Crippen LogP contribution in [-0.4, -0.2) is 24.6 Å². The lowest BCUT2D eigenvalue weighted by molar-refractivity contribution is 0.663. The van der Waals surface area contributed by atoms with Gasteiger partial charge in [-0.3, -0.25) is 4.98 Å². The molecule has 0 bridgehead atoms. The monoisotopic (exact) mass is 249 g/mol. The maximum Gasteiger partial charge on any atom is 0.0562 e. The van der Waals surface area contributed by atoms with Gasteiger partial charge >= 0.3 is 0 Å². The molecular weight excluding hydrogens is 222 g/mol. The van der Waals surface area contributed by atoms with Crippen LogP contribution in [0.1, 0.15) is 45.7 Å². The molecule has 0 saturated heterocycles. The Kier molecular flexibility index (Phi) is 7.42. The Hall–Kier alpha value is -1.09. The van der Waals surface area contributed by atoms with E-state index in [1.165, 1.54) is 18.5 Å². The Balaban J connectivity index is 2.60. The van der Waals surface area contributed by atoms with E-state index in [-0.39, 0.29) is 0 Å². The van der Waals surface area contributed by atoms with Crippen molar-refractivity contribution in [2.45, 2.75) is 46.6 Å². The van der Waals surface area contributed by atoms with E-state index in [0.717, 1.165) is 38.3 Å². The first-order valence-corrected chi connectivity index (χ1v) is 7.22. The summed E-state index contributed by atoms with van der Waals surface area (Å²) in [5, 5.41) is 3.40. The van der Waals surface area contributed by atoms with E-state index in [9.17, 15) is 0 Å². The van der Waals surface area contributed by atoms with Crippen LogP contribution in [0.15, 0.2) is 18.3 Å². The van der Waals surface area contributed by atoms with Crippen molar-refractivity contribution in [2.75, 3.05) is 24.5 Å². The molecule has 0 atom stereocenters. The summed E-state index contributed by atoms with van der Waals surface area (Å²) in [6.45, 7) is 10.8.